The Morgan fingerprint density at radius 2 is 2.07 bits per heavy atom. The van der Waals surface area contributed by atoms with Crippen LogP contribution in [-0.4, -0.2) is 21.3 Å². The molecule has 84 valence electrons. The van der Waals surface area contributed by atoms with Gasteiger partial charge in [0.15, 0.2) is 0 Å². The molecule has 0 aliphatic carbocycles. The second kappa shape index (κ2) is 5.72. The molecule has 0 aliphatic heterocycles. The van der Waals surface area contributed by atoms with Crippen LogP contribution in [0.25, 0.3) is 0 Å². The summed E-state index contributed by atoms with van der Waals surface area (Å²) in [6, 6.07) is 0. The number of aliphatic hydroxyl groups is 1. The first-order valence-electron chi connectivity index (χ1n) is 4.75. The molecule has 1 aromatic heterocycles. The monoisotopic (exact) mass is 232 g/mol. The van der Waals surface area contributed by atoms with Gasteiger partial charge in [0.25, 0.3) is 5.56 Å². The summed E-state index contributed by atoms with van der Waals surface area (Å²) in [5.74, 6) is 0. The van der Waals surface area contributed by atoms with E-state index >= 15 is 0 Å². The minimum Gasteiger partial charge on any atom is -0.396 e. The minimum absolute atomic E-state index is 0.0109. The molecule has 0 unspecified atom stereocenters. The van der Waals surface area contributed by atoms with Crippen LogP contribution < -0.4 is 11.2 Å². The van der Waals surface area contributed by atoms with E-state index in [0.29, 0.717) is 13.0 Å². The molecule has 0 spiro atoms. The van der Waals surface area contributed by atoms with Crippen molar-refractivity contribution in [3.63, 3.8) is 0 Å². The highest BCUT2D eigenvalue weighted by atomic mass is 35.5. The van der Waals surface area contributed by atoms with Crippen molar-refractivity contribution in [2.45, 2.75) is 25.8 Å². The molecule has 0 aliphatic rings. The largest absolute Gasteiger partial charge is 0.396 e. The summed E-state index contributed by atoms with van der Waals surface area (Å²) in [7, 11) is 0. The average molecular weight is 233 g/mol. The average Bonchev–Trinajstić information content (AvgIpc) is 2.20. The van der Waals surface area contributed by atoms with Gasteiger partial charge in [0.1, 0.15) is 5.02 Å². The second-order valence-corrected chi connectivity index (χ2v) is 3.62. The zero-order valence-electron chi connectivity index (χ0n) is 8.20. The maximum absolute atomic E-state index is 11.3. The molecule has 1 rings (SSSR count). The fourth-order valence-corrected chi connectivity index (χ4v) is 1.38. The number of rotatable bonds is 5. The van der Waals surface area contributed by atoms with E-state index in [4.69, 9.17) is 16.7 Å². The van der Waals surface area contributed by atoms with E-state index in [1.165, 1.54) is 10.8 Å². The Balaban J connectivity index is 2.66. The molecule has 0 fully saturated rings. The molecular formula is C9H13ClN2O3. The zero-order valence-corrected chi connectivity index (χ0v) is 8.96. The highest BCUT2D eigenvalue weighted by Gasteiger charge is 2.01. The Hall–Kier alpha value is -1.07. The molecule has 1 heterocycles. The molecule has 0 atom stereocenters. The lowest BCUT2D eigenvalue weighted by Crippen LogP contribution is -2.29. The van der Waals surface area contributed by atoms with Gasteiger partial charge >= 0.3 is 5.69 Å². The van der Waals surface area contributed by atoms with E-state index in [2.05, 4.69) is 4.98 Å². The summed E-state index contributed by atoms with van der Waals surface area (Å²) in [6.07, 6.45) is 3.65. The van der Waals surface area contributed by atoms with Gasteiger partial charge < -0.3 is 5.11 Å². The molecular weight excluding hydrogens is 220 g/mol. The molecule has 0 saturated heterocycles. The number of aryl methyl sites for hydroxylation is 1. The maximum atomic E-state index is 11.3. The van der Waals surface area contributed by atoms with E-state index in [0.717, 1.165) is 12.8 Å². The molecule has 15 heavy (non-hydrogen) atoms. The molecule has 5 nitrogen and oxygen atoms in total. The summed E-state index contributed by atoms with van der Waals surface area (Å²) >= 11 is 5.58. The van der Waals surface area contributed by atoms with Crippen LogP contribution in [0.2, 0.25) is 5.02 Å². The lowest BCUT2D eigenvalue weighted by atomic mass is 10.2. The Morgan fingerprint density at radius 3 is 2.73 bits per heavy atom. The number of halogens is 1. The van der Waals surface area contributed by atoms with Crippen molar-refractivity contribution in [2.24, 2.45) is 0 Å². The van der Waals surface area contributed by atoms with Gasteiger partial charge in [-0.25, -0.2) is 4.79 Å². The number of H-pyrrole nitrogens is 1. The van der Waals surface area contributed by atoms with Crippen LogP contribution in [0.3, 0.4) is 0 Å². The van der Waals surface area contributed by atoms with E-state index in [-0.39, 0.29) is 11.6 Å². The number of hydrogen-bond acceptors (Lipinski definition) is 3. The summed E-state index contributed by atoms with van der Waals surface area (Å²) in [5, 5.41) is 8.57. The van der Waals surface area contributed by atoms with Crippen molar-refractivity contribution in [1.29, 1.82) is 0 Å². The highest BCUT2D eigenvalue weighted by Crippen LogP contribution is 1.99. The SMILES string of the molecule is O=c1[nH]c(=O)n(CCCCCO)cc1Cl. The van der Waals surface area contributed by atoms with Crippen LogP contribution in [-0.2, 0) is 6.54 Å². The fraction of sp³-hybridized carbons (Fsp3) is 0.556. The highest BCUT2D eigenvalue weighted by molar-refractivity contribution is 6.30. The van der Waals surface area contributed by atoms with Crippen molar-refractivity contribution in [3.8, 4) is 0 Å². The first-order chi connectivity index (χ1) is 7.15. The summed E-state index contributed by atoms with van der Waals surface area (Å²) in [5.41, 5.74) is -1.01. The Morgan fingerprint density at radius 1 is 1.33 bits per heavy atom. The van der Waals surface area contributed by atoms with Crippen molar-refractivity contribution < 1.29 is 5.11 Å². The zero-order chi connectivity index (χ0) is 11.3. The van der Waals surface area contributed by atoms with Gasteiger partial charge in [0.05, 0.1) is 0 Å². The van der Waals surface area contributed by atoms with Crippen molar-refractivity contribution in [2.75, 3.05) is 6.61 Å². The predicted octanol–water partition coefficient (Wildman–Crippen LogP) is 0.353. The number of aromatic amines is 1. The molecule has 0 bridgehead atoms. The number of nitrogens with one attached hydrogen (secondary N) is 1. The molecule has 1 aromatic rings. The maximum Gasteiger partial charge on any atom is 0.328 e. The summed E-state index contributed by atoms with van der Waals surface area (Å²) in [4.78, 5) is 24.3. The van der Waals surface area contributed by atoms with Crippen molar-refractivity contribution in [3.05, 3.63) is 32.1 Å². The number of aromatic nitrogens is 2. The third-order valence-electron chi connectivity index (χ3n) is 2.02. The number of aliphatic hydroxyl groups excluding tert-OH is 1. The van der Waals surface area contributed by atoms with E-state index < -0.39 is 11.2 Å². The smallest absolute Gasteiger partial charge is 0.328 e. The molecule has 0 aromatic carbocycles. The normalized spacial score (nSPS) is 10.5. The van der Waals surface area contributed by atoms with Crippen molar-refractivity contribution >= 4 is 11.6 Å². The summed E-state index contributed by atoms with van der Waals surface area (Å²) < 4.78 is 1.36. The number of nitrogens with zero attached hydrogens (tertiary/aromatic N) is 1. The molecule has 2 N–H and O–H groups in total. The first kappa shape index (κ1) is 12.0. The summed E-state index contributed by atoms with van der Waals surface area (Å²) in [6.45, 7) is 0.649. The Bertz CT molecular complexity index is 424. The van der Waals surface area contributed by atoms with Crippen molar-refractivity contribution in [1.82, 2.24) is 9.55 Å². The number of unbranched alkanes of at least 4 members (excludes halogenated alkanes) is 2. The van der Waals surface area contributed by atoms with Crippen LogP contribution >= 0.6 is 11.6 Å². The number of hydrogen-bond donors (Lipinski definition) is 2. The molecule has 0 radical (unpaired) electrons. The van der Waals surface area contributed by atoms with Crippen LogP contribution in [0, 0.1) is 0 Å². The lowest BCUT2D eigenvalue weighted by molar-refractivity contribution is 0.281. The van der Waals surface area contributed by atoms with Crippen LogP contribution in [0.1, 0.15) is 19.3 Å². The van der Waals surface area contributed by atoms with Gasteiger partial charge in [-0.2, -0.15) is 0 Å². The van der Waals surface area contributed by atoms with Gasteiger partial charge in [-0.05, 0) is 19.3 Å². The third kappa shape index (κ3) is 3.53. The van der Waals surface area contributed by atoms with Gasteiger partial charge in [-0.3, -0.25) is 14.3 Å². The molecule has 0 saturated carbocycles. The molecule has 0 amide bonds. The van der Waals surface area contributed by atoms with E-state index in [1.807, 2.05) is 0 Å². The van der Waals surface area contributed by atoms with Gasteiger partial charge in [0, 0.05) is 19.3 Å². The van der Waals surface area contributed by atoms with E-state index in [9.17, 15) is 9.59 Å². The first-order valence-corrected chi connectivity index (χ1v) is 5.13. The lowest BCUT2D eigenvalue weighted by Gasteiger charge is -2.04. The Kier molecular flexibility index (Phi) is 4.58. The molecule has 6 heteroatoms. The van der Waals surface area contributed by atoms with E-state index in [1.54, 1.807) is 0 Å². The van der Waals surface area contributed by atoms with Crippen LogP contribution in [0.15, 0.2) is 15.8 Å². The van der Waals surface area contributed by atoms with Gasteiger partial charge in [-0.1, -0.05) is 11.6 Å². The third-order valence-corrected chi connectivity index (χ3v) is 2.29. The minimum atomic E-state index is -0.562. The Labute approximate surface area is 91.3 Å². The van der Waals surface area contributed by atoms with Gasteiger partial charge in [-0.15, -0.1) is 0 Å². The predicted molar refractivity (Wildman–Crippen MR) is 57.3 cm³/mol. The second-order valence-electron chi connectivity index (χ2n) is 3.21. The quantitative estimate of drug-likeness (QED) is 0.720. The standard InChI is InChI=1S/C9H13ClN2O3/c10-7-6-12(4-2-1-3-5-13)9(15)11-8(7)14/h6,13H,1-5H2,(H,11,14,15). The topological polar surface area (TPSA) is 75.1 Å². The fourth-order valence-electron chi connectivity index (χ4n) is 1.22. The van der Waals surface area contributed by atoms with Crippen LogP contribution in [0.4, 0.5) is 0 Å². The van der Waals surface area contributed by atoms with Crippen LogP contribution in [0.5, 0.6) is 0 Å². The van der Waals surface area contributed by atoms with Gasteiger partial charge in [0.2, 0.25) is 0 Å².